The van der Waals surface area contributed by atoms with Gasteiger partial charge in [0.15, 0.2) is 0 Å². The van der Waals surface area contributed by atoms with E-state index in [9.17, 15) is 4.21 Å². The third kappa shape index (κ3) is 2.38. The van der Waals surface area contributed by atoms with Gasteiger partial charge in [-0.1, -0.05) is 6.92 Å². The molecule has 0 aliphatic carbocycles. The van der Waals surface area contributed by atoms with Gasteiger partial charge >= 0.3 is 0 Å². The smallest absolute Gasteiger partial charge is 0.127 e. The molecule has 0 saturated carbocycles. The fourth-order valence-electron chi connectivity index (χ4n) is 0.645. The summed E-state index contributed by atoms with van der Waals surface area (Å²) in [6.07, 6.45) is 1.66. The van der Waals surface area contributed by atoms with Crippen molar-refractivity contribution in [2.45, 2.75) is 11.9 Å². The molecule has 0 aromatic carbocycles. The first-order valence-electron chi connectivity index (χ1n) is 3.24. The molecule has 0 aliphatic heterocycles. The maximum atomic E-state index is 11.2. The van der Waals surface area contributed by atoms with Gasteiger partial charge in [-0.05, 0) is 28.1 Å². The van der Waals surface area contributed by atoms with Crippen LogP contribution in [0, 0.1) is 0 Å². The van der Waals surface area contributed by atoms with Gasteiger partial charge in [0.1, 0.15) is 5.03 Å². The molecule has 0 aliphatic rings. The van der Waals surface area contributed by atoms with Gasteiger partial charge in [0.25, 0.3) is 0 Å². The Morgan fingerprint density at radius 3 is 2.82 bits per heavy atom. The maximum Gasteiger partial charge on any atom is 0.127 e. The number of halogens is 1. The van der Waals surface area contributed by atoms with E-state index in [1.807, 2.05) is 13.0 Å². The summed E-state index contributed by atoms with van der Waals surface area (Å²) in [4.78, 5) is 4.00. The van der Waals surface area contributed by atoms with Crippen LogP contribution in [-0.4, -0.2) is 14.9 Å². The number of rotatable bonds is 2. The van der Waals surface area contributed by atoms with E-state index in [1.165, 1.54) is 0 Å². The number of pyridine rings is 1. The average molecular weight is 234 g/mol. The second kappa shape index (κ2) is 3.97. The van der Waals surface area contributed by atoms with Crippen molar-refractivity contribution in [3.05, 3.63) is 22.8 Å². The molecule has 0 amide bonds. The van der Waals surface area contributed by atoms with Crippen molar-refractivity contribution in [2.75, 3.05) is 5.75 Å². The molecule has 0 N–H and O–H groups in total. The topological polar surface area (TPSA) is 30.0 Å². The minimum Gasteiger partial charge on any atom is -0.253 e. The summed E-state index contributed by atoms with van der Waals surface area (Å²) in [5.74, 6) is 0.620. The third-order valence-corrected chi connectivity index (χ3v) is 2.90. The van der Waals surface area contributed by atoms with Crippen LogP contribution in [-0.2, 0) is 10.8 Å². The third-order valence-electron chi connectivity index (χ3n) is 1.20. The molecule has 0 fully saturated rings. The maximum absolute atomic E-state index is 11.2. The Morgan fingerprint density at radius 2 is 2.36 bits per heavy atom. The summed E-state index contributed by atoms with van der Waals surface area (Å²) < 4.78 is 12.1. The highest BCUT2D eigenvalue weighted by Crippen LogP contribution is 2.09. The Balaban J connectivity index is 2.90. The van der Waals surface area contributed by atoms with Crippen LogP contribution in [0.15, 0.2) is 27.8 Å². The van der Waals surface area contributed by atoms with Gasteiger partial charge in [0.05, 0.1) is 10.8 Å². The predicted octanol–water partition coefficient (Wildman–Crippen LogP) is 1.97. The van der Waals surface area contributed by atoms with E-state index in [-0.39, 0.29) is 0 Å². The van der Waals surface area contributed by atoms with Crippen LogP contribution in [0.25, 0.3) is 0 Å². The monoisotopic (exact) mass is 233 g/mol. The summed E-state index contributed by atoms with van der Waals surface area (Å²) in [6, 6.07) is 3.61. The summed E-state index contributed by atoms with van der Waals surface area (Å²) >= 11 is 3.26. The molecule has 0 saturated heterocycles. The lowest BCUT2D eigenvalue weighted by Crippen LogP contribution is -1.96. The molecule has 11 heavy (non-hydrogen) atoms. The molecule has 60 valence electrons. The highest BCUT2D eigenvalue weighted by atomic mass is 79.9. The molecule has 1 rings (SSSR count). The second-order valence-corrected chi connectivity index (χ2v) is 4.55. The van der Waals surface area contributed by atoms with Crippen LogP contribution >= 0.6 is 15.9 Å². The Hall–Kier alpha value is -0.220. The van der Waals surface area contributed by atoms with E-state index in [1.54, 1.807) is 12.3 Å². The van der Waals surface area contributed by atoms with E-state index in [4.69, 9.17) is 0 Å². The Bertz CT molecular complexity index is 260. The molecule has 1 aromatic rings. The number of hydrogen-bond donors (Lipinski definition) is 0. The van der Waals surface area contributed by atoms with Crippen molar-refractivity contribution in [3.8, 4) is 0 Å². The standard InChI is InChI=1S/C7H8BrNOS/c1-2-11(10)7-4-3-6(8)5-9-7/h3-5H,2H2,1H3/t11-/m0/s1. The quantitative estimate of drug-likeness (QED) is 0.783. The highest BCUT2D eigenvalue weighted by molar-refractivity contribution is 9.10. The van der Waals surface area contributed by atoms with Gasteiger partial charge < -0.3 is 0 Å². The van der Waals surface area contributed by atoms with E-state index in [0.29, 0.717) is 10.8 Å². The van der Waals surface area contributed by atoms with E-state index in [2.05, 4.69) is 20.9 Å². The minimum absolute atomic E-state index is 0.620. The molecule has 4 heteroatoms. The van der Waals surface area contributed by atoms with E-state index >= 15 is 0 Å². The van der Waals surface area contributed by atoms with Gasteiger partial charge in [-0.15, -0.1) is 0 Å². The van der Waals surface area contributed by atoms with Crippen molar-refractivity contribution < 1.29 is 4.21 Å². The van der Waals surface area contributed by atoms with Crippen molar-refractivity contribution in [1.82, 2.24) is 4.98 Å². The van der Waals surface area contributed by atoms with Crippen LogP contribution in [0.2, 0.25) is 0 Å². The normalized spacial score (nSPS) is 12.9. The van der Waals surface area contributed by atoms with Crippen LogP contribution in [0.5, 0.6) is 0 Å². The lowest BCUT2D eigenvalue weighted by Gasteiger charge is -1.96. The van der Waals surface area contributed by atoms with Crippen molar-refractivity contribution in [2.24, 2.45) is 0 Å². The van der Waals surface area contributed by atoms with Gasteiger partial charge in [0.2, 0.25) is 0 Å². The number of hydrogen-bond acceptors (Lipinski definition) is 2. The summed E-state index contributed by atoms with van der Waals surface area (Å²) in [7, 11) is -0.931. The van der Waals surface area contributed by atoms with Gasteiger partial charge in [-0.25, -0.2) is 4.98 Å². The zero-order valence-corrected chi connectivity index (χ0v) is 8.48. The number of nitrogens with zero attached hydrogens (tertiary/aromatic N) is 1. The second-order valence-electron chi connectivity index (χ2n) is 1.95. The molecule has 2 nitrogen and oxygen atoms in total. The Morgan fingerprint density at radius 1 is 1.64 bits per heavy atom. The predicted molar refractivity (Wildman–Crippen MR) is 48.9 cm³/mol. The summed E-state index contributed by atoms with van der Waals surface area (Å²) in [5.41, 5.74) is 0. The first kappa shape index (κ1) is 8.87. The van der Waals surface area contributed by atoms with Crippen molar-refractivity contribution >= 4 is 26.7 Å². The van der Waals surface area contributed by atoms with Crippen LogP contribution in [0.1, 0.15) is 6.92 Å². The number of aromatic nitrogens is 1. The van der Waals surface area contributed by atoms with Gasteiger partial charge in [0, 0.05) is 16.4 Å². The molecule has 1 atom stereocenters. The van der Waals surface area contributed by atoms with E-state index in [0.717, 1.165) is 4.47 Å². The SMILES string of the molecule is CC[S@](=O)c1ccc(Br)cn1. The highest BCUT2D eigenvalue weighted by Gasteiger charge is 2.00. The largest absolute Gasteiger partial charge is 0.253 e. The van der Waals surface area contributed by atoms with Gasteiger partial charge in [-0.3, -0.25) is 4.21 Å². The Kier molecular flexibility index (Phi) is 3.20. The van der Waals surface area contributed by atoms with E-state index < -0.39 is 10.8 Å². The van der Waals surface area contributed by atoms with Gasteiger partial charge in [-0.2, -0.15) is 0 Å². The van der Waals surface area contributed by atoms with Crippen molar-refractivity contribution in [1.29, 1.82) is 0 Å². The molecular weight excluding hydrogens is 226 g/mol. The molecule has 1 aromatic heterocycles. The molecule has 0 radical (unpaired) electrons. The Labute approximate surface area is 76.6 Å². The summed E-state index contributed by atoms with van der Waals surface area (Å²) in [5, 5.41) is 0.649. The lowest BCUT2D eigenvalue weighted by molar-refractivity contribution is 0.681. The van der Waals surface area contributed by atoms with Crippen LogP contribution < -0.4 is 0 Å². The molecular formula is C7H8BrNOS. The zero-order chi connectivity index (χ0) is 8.27. The van der Waals surface area contributed by atoms with Crippen LogP contribution in [0.3, 0.4) is 0 Å². The molecule has 0 spiro atoms. The zero-order valence-electron chi connectivity index (χ0n) is 6.08. The first-order chi connectivity index (χ1) is 5.24. The minimum atomic E-state index is -0.931. The average Bonchev–Trinajstić information content (AvgIpc) is 2.05. The summed E-state index contributed by atoms with van der Waals surface area (Å²) in [6.45, 7) is 1.87. The molecule has 0 bridgehead atoms. The lowest BCUT2D eigenvalue weighted by atomic mass is 10.5. The fourth-order valence-corrected chi connectivity index (χ4v) is 1.57. The van der Waals surface area contributed by atoms with Crippen molar-refractivity contribution in [3.63, 3.8) is 0 Å². The first-order valence-corrected chi connectivity index (χ1v) is 5.35. The molecule has 1 heterocycles. The molecule has 0 unspecified atom stereocenters. The van der Waals surface area contributed by atoms with Crippen LogP contribution in [0.4, 0.5) is 0 Å². The fraction of sp³-hybridized carbons (Fsp3) is 0.286.